The minimum Gasteiger partial charge on any atom is -0.397 e. The Morgan fingerprint density at radius 3 is 2.93 bits per heavy atom. The summed E-state index contributed by atoms with van der Waals surface area (Å²) in [5, 5.41) is 8.65. The maximum Gasteiger partial charge on any atom is 0.255 e. The molecule has 1 aromatic rings. The normalized spacial score (nSPS) is 9.86. The van der Waals surface area contributed by atoms with Crippen LogP contribution < -0.4 is 5.73 Å². The highest BCUT2D eigenvalue weighted by atomic mass is 16.3. The van der Waals surface area contributed by atoms with E-state index in [1.54, 1.807) is 13.1 Å². The van der Waals surface area contributed by atoms with E-state index < -0.39 is 0 Å². The summed E-state index contributed by atoms with van der Waals surface area (Å²) in [6.07, 6.45) is 2.93. The number of aromatic nitrogens is 1. The Kier molecular flexibility index (Phi) is 3.41. The van der Waals surface area contributed by atoms with E-state index in [0.29, 0.717) is 17.8 Å². The first-order valence-corrected chi connectivity index (χ1v) is 4.22. The van der Waals surface area contributed by atoms with Gasteiger partial charge in [-0.2, -0.15) is 0 Å². The second-order valence-corrected chi connectivity index (χ2v) is 2.96. The van der Waals surface area contributed by atoms with Crippen molar-refractivity contribution in [3.8, 4) is 0 Å². The van der Waals surface area contributed by atoms with Gasteiger partial charge in [0.15, 0.2) is 0 Å². The fourth-order valence-electron chi connectivity index (χ4n) is 1.05. The molecule has 0 atom stereocenters. The van der Waals surface area contributed by atoms with Gasteiger partial charge in [0, 0.05) is 26.0 Å². The highest BCUT2D eigenvalue weighted by Crippen LogP contribution is 2.06. The topological polar surface area (TPSA) is 79.5 Å². The summed E-state index contributed by atoms with van der Waals surface area (Å²) in [6.45, 7) is 0.242. The molecule has 0 fully saturated rings. The van der Waals surface area contributed by atoms with E-state index >= 15 is 0 Å². The summed E-state index contributed by atoms with van der Waals surface area (Å²) >= 11 is 0. The first kappa shape index (κ1) is 10.5. The van der Waals surface area contributed by atoms with Crippen molar-refractivity contribution in [1.29, 1.82) is 0 Å². The number of nitrogens with zero attached hydrogens (tertiary/aromatic N) is 2. The Bertz CT molecular complexity index is 328. The molecule has 0 unspecified atom stereocenters. The smallest absolute Gasteiger partial charge is 0.255 e. The zero-order valence-electron chi connectivity index (χ0n) is 7.97. The van der Waals surface area contributed by atoms with E-state index in [-0.39, 0.29) is 12.5 Å². The third-order valence-electron chi connectivity index (χ3n) is 1.79. The number of aliphatic hydroxyl groups excluding tert-OH is 1. The van der Waals surface area contributed by atoms with Gasteiger partial charge in [-0.25, -0.2) is 0 Å². The molecular formula is C9H13N3O2. The number of nitrogen functional groups attached to an aromatic ring is 1. The van der Waals surface area contributed by atoms with Crippen LogP contribution in [0.15, 0.2) is 18.5 Å². The number of rotatable bonds is 3. The number of carbonyl (C=O) groups excluding carboxylic acids is 1. The SMILES string of the molecule is CN(CCO)C(=O)c1cncc(N)c1. The number of likely N-dealkylation sites (N-methyl/N-ethyl adjacent to an activating group) is 1. The first-order chi connectivity index (χ1) is 6.65. The third-order valence-corrected chi connectivity index (χ3v) is 1.79. The van der Waals surface area contributed by atoms with E-state index in [1.807, 2.05) is 0 Å². The number of hydrogen-bond acceptors (Lipinski definition) is 4. The average molecular weight is 195 g/mol. The lowest BCUT2D eigenvalue weighted by Crippen LogP contribution is -2.29. The maximum atomic E-state index is 11.6. The van der Waals surface area contributed by atoms with E-state index in [4.69, 9.17) is 10.8 Å². The van der Waals surface area contributed by atoms with Crippen LogP contribution in [0.2, 0.25) is 0 Å². The van der Waals surface area contributed by atoms with Gasteiger partial charge < -0.3 is 15.7 Å². The number of carbonyl (C=O) groups is 1. The highest BCUT2D eigenvalue weighted by molar-refractivity contribution is 5.94. The zero-order chi connectivity index (χ0) is 10.6. The monoisotopic (exact) mass is 195 g/mol. The molecule has 0 aromatic carbocycles. The van der Waals surface area contributed by atoms with Crippen LogP contribution >= 0.6 is 0 Å². The van der Waals surface area contributed by atoms with Gasteiger partial charge >= 0.3 is 0 Å². The largest absolute Gasteiger partial charge is 0.397 e. The van der Waals surface area contributed by atoms with Gasteiger partial charge in [-0.1, -0.05) is 0 Å². The second-order valence-electron chi connectivity index (χ2n) is 2.96. The molecule has 0 spiro atoms. The fourth-order valence-corrected chi connectivity index (χ4v) is 1.05. The number of pyridine rings is 1. The summed E-state index contributed by atoms with van der Waals surface area (Å²) in [6, 6.07) is 1.56. The molecule has 14 heavy (non-hydrogen) atoms. The molecule has 0 bridgehead atoms. The van der Waals surface area contributed by atoms with Gasteiger partial charge in [0.1, 0.15) is 0 Å². The lowest BCUT2D eigenvalue weighted by atomic mass is 10.2. The summed E-state index contributed by atoms with van der Waals surface area (Å²) in [5.41, 5.74) is 6.37. The quantitative estimate of drug-likeness (QED) is 0.695. The molecule has 0 saturated heterocycles. The van der Waals surface area contributed by atoms with Gasteiger partial charge in [-0.3, -0.25) is 9.78 Å². The van der Waals surface area contributed by atoms with Crippen LogP contribution in [-0.2, 0) is 0 Å². The molecule has 0 radical (unpaired) electrons. The Morgan fingerprint density at radius 1 is 1.64 bits per heavy atom. The van der Waals surface area contributed by atoms with Crippen molar-refractivity contribution < 1.29 is 9.90 Å². The van der Waals surface area contributed by atoms with Crippen LogP contribution in [0.25, 0.3) is 0 Å². The molecule has 0 aliphatic rings. The van der Waals surface area contributed by atoms with Crippen LogP contribution in [0.5, 0.6) is 0 Å². The number of amides is 1. The second kappa shape index (κ2) is 4.57. The highest BCUT2D eigenvalue weighted by Gasteiger charge is 2.10. The predicted octanol–water partition coefficient (Wildman–Crippen LogP) is -0.272. The van der Waals surface area contributed by atoms with E-state index in [9.17, 15) is 4.79 Å². The Balaban J connectivity index is 2.78. The van der Waals surface area contributed by atoms with Crippen molar-refractivity contribution in [3.63, 3.8) is 0 Å². The number of aliphatic hydroxyl groups is 1. The maximum absolute atomic E-state index is 11.6. The molecule has 0 saturated carbocycles. The van der Waals surface area contributed by atoms with Crippen LogP contribution in [-0.4, -0.2) is 41.1 Å². The molecule has 5 nitrogen and oxygen atoms in total. The van der Waals surface area contributed by atoms with Crippen molar-refractivity contribution in [2.45, 2.75) is 0 Å². The van der Waals surface area contributed by atoms with Crippen molar-refractivity contribution in [2.75, 3.05) is 25.9 Å². The van der Waals surface area contributed by atoms with Crippen molar-refractivity contribution in [2.24, 2.45) is 0 Å². The molecular weight excluding hydrogens is 182 g/mol. The van der Waals surface area contributed by atoms with E-state index in [1.165, 1.54) is 17.3 Å². The van der Waals surface area contributed by atoms with Crippen molar-refractivity contribution in [3.05, 3.63) is 24.0 Å². The molecule has 1 heterocycles. The number of anilines is 1. The molecule has 1 rings (SSSR count). The molecule has 0 aliphatic carbocycles. The van der Waals surface area contributed by atoms with Crippen molar-refractivity contribution >= 4 is 11.6 Å². The summed E-state index contributed by atoms with van der Waals surface area (Å²) in [4.78, 5) is 16.8. The average Bonchev–Trinajstić information content (AvgIpc) is 2.17. The minimum absolute atomic E-state index is 0.0576. The first-order valence-electron chi connectivity index (χ1n) is 4.22. The van der Waals surface area contributed by atoms with E-state index in [0.717, 1.165) is 0 Å². The summed E-state index contributed by atoms with van der Waals surface area (Å²) in [7, 11) is 1.61. The lowest BCUT2D eigenvalue weighted by molar-refractivity contribution is 0.0766. The van der Waals surface area contributed by atoms with Crippen LogP contribution in [0.4, 0.5) is 5.69 Å². The van der Waals surface area contributed by atoms with Crippen molar-refractivity contribution in [1.82, 2.24) is 9.88 Å². The van der Waals surface area contributed by atoms with E-state index in [2.05, 4.69) is 4.98 Å². The number of nitrogens with two attached hydrogens (primary N) is 1. The van der Waals surface area contributed by atoms with Crippen LogP contribution in [0.1, 0.15) is 10.4 Å². The molecule has 0 aliphatic heterocycles. The molecule has 3 N–H and O–H groups in total. The number of hydrogen-bond donors (Lipinski definition) is 2. The van der Waals surface area contributed by atoms with Crippen LogP contribution in [0.3, 0.4) is 0 Å². The minimum atomic E-state index is -0.196. The summed E-state index contributed by atoms with van der Waals surface area (Å²) < 4.78 is 0. The zero-order valence-corrected chi connectivity index (χ0v) is 7.97. The molecule has 76 valence electrons. The summed E-state index contributed by atoms with van der Waals surface area (Å²) in [5.74, 6) is -0.196. The van der Waals surface area contributed by atoms with Gasteiger partial charge in [0.25, 0.3) is 5.91 Å². The lowest BCUT2D eigenvalue weighted by Gasteiger charge is -2.15. The molecule has 1 amide bonds. The van der Waals surface area contributed by atoms with Gasteiger partial charge in [0.05, 0.1) is 17.9 Å². The van der Waals surface area contributed by atoms with Gasteiger partial charge in [-0.05, 0) is 6.07 Å². The standard InChI is InChI=1S/C9H13N3O2/c1-12(2-3-13)9(14)7-4-8(10)6-11-5-7/h4-6,13H,2-3,10H2,1H3. The van der Waals surface area contributed by atoms with Gasteiger partial charge in [-0.15, -0.1) is 0 Å². The van der Waals surface area contributed by atoms with Gasteiger partial charge in [0.2, 0.25) is 0 Å². The van der Waals surface area contributed by atoms with Crippen LogP contribution in [0, 0.1) is 0 Å². The fraction of sp³-hybridized carbons (Fsp3) is 0.333. The molecule has 1 aromatic heterocycles. The molecule has 5 heteroatoms. The Hall–Kier alpha value is -1.62. The predicted molar refractivity (Wildman–Crippen MR) is 52.7 cm³/mol. The Morgan fingerprint density at radius 2 is 2.36 bits per heavy atom. The Labute approximate surface area is 82.2 Å². The third kappa shape index (κ3) is 2.43.